The fraction of sp³-hybridized carbons (Fsp3) is 0.167. The number of H-pyrrole nitrogens is 1. The quantitative estimate of drug-likeness (QED) is 0.598. The van der Waals surface area contributed by atoms with Crippen LogP contribution in [-0.2, 0) is 4.79 Å². The van der Waals surface area contributed by atoms with Crippen molar-refractivity contribution in [2.24, 2.45) is 5.73 Å². The number of hydrogen-bond donors (Lipinski definition) is 4. The van der Waals surface area contributed by atoms with Gasteiger partial charge in [-0.05, 0) is 12.1 Å². The van der Waals surface area contributed by atoms with Gasteiger partial charge in [-0.3, -0.25) is 9.59 Å². The van der Waals surface area contributed by atoms with Gasteiger partial charge in [-0.1, -0.05) is 12.1 Å². The van der Waals surface area contributed by atoms with E-state index in [2.05, 4.69) is 10.3 Å². The Kier molecular flexibility index (Phi) is 3.29. The molecule has 1 atom stereocenters. The lowest BCUT2D eigenvalue weighted by atomic mass is 10.1. The molecular weight excluding hydrogens is 234 g/mol. The Bertz CT molecular complexity index is 591. The van der Waals surface area contributed by atoms with Crippen molar-refractivity contribution in [1.29, 1.82) is 0 Å². The van der Waals surface area contributed by atoms with E-state index in [1.54, 1.807) is 18.3 Å². The molecule has 2 rings (SSSR count). The number of fused-ring (bicyclic) bond motifs is 1. The van der Waals surface area contributed by atoms with E-state index >= 15 is 0 Å². The molecule has 5 N–H and O–H groups in total. The Morgan fingerprint density at radius 2 is 2.17 bits per heavy atom. The van der Waals surface area contributed by atoms with E-state index < -0.39 is 12.0 Å². The molecule has 2 aromatic rings. The summed E-state index contributed by atoms with van der Waals surface area (Å²) in [5.41, 5.74) is 6.05. The number of primary amides is 1. The normalized spacial score (nSPS) is 12.3. The van der Waals surface area contributed by atoms with Gasteiger partial charge in [0, 0.05) is 11.6 Å². The molecule has 18 heavy (non-hydrogen) atoms. The summed E-state index contributed by atoms with van der Waals surface area (Å²) in [6.45, 7) is -0.203. The molecule has 0 aliphatic carbocycles. The van der Waals surface area contributed by atoms with Crippen LogP contribution in [-0.4, -0.2) is 34.6 Å². The molecule has 0 saturated heterocycles. The van der Waals surface area contributed by atoms with Crippen LogP contribution in [0.25, 0.3) is 10.9 Å². The number of nitrogens with one attached hydrogen (secondary N) is 2. The zero-order valence-corrected chi connectivity index (χ0v) is 9.51. The highest BCUT2D eigenvalue weighted by molar-refractivity contribution is 6.05. The molecule has 94 valence electrons. The predicted molar refractivity (Wildman–Crippen MR) is 65.8 cm³/mol. The highest BCUT2D eigenvalue weighted by Crippen LogP contribution is 2.16. The molecular formula is C12H13N3O3. The molecule has 0 bridgehead atoms. The Hall–Kier alpha value is -2.34. The molecule has 1 heterocycles. The second-order valence-electron chi connectivity index (χ2n) is 3.88. The van der Waals surface area contributed by atoms with Crippen molar-refractivity contribution < 1.29 is 14.7 Å². The number of hydrogen-bond acceptors (Lipinski definition) is 3. The number of benzene rings is 1. The number of nitrogens with two attached hydrogens (primary N) is 1. The minimum absolute atomic E-state index is 0.203. The van der Waals surface area contributed by atoms with Gasteiger partial charge in [0.1, 0.15) is 6.10 Å². The summed E-state index contributed by atoms with van der Waals surface area (Å²) in [5, 5.41) is 12.6. The Morgan fingerprint density at radius 3 is 2.89 bits per heavy atom. The second kappa shape index (κ2) is 4.89. The summed E-state index contributed by atoms with van der Waals surface area (Å²) in [4.78, 5) is 25.5. The van der Waals surface area contributed by atoms with Gasteiger partial charge in [0.05, 0.1) is 17.6 Å². The van der Waals surface area contributed by atoms with Crippen molar-refractivity contribution >= 4 is 22.7 Å². The number of aliphatic hydroxyl groups is 1. The van der Waals surface area contributed by atoms with Crippen LogP contribution >= 0.6 is 0 Å². The van der Waals surface area contributed by atoms with Crippen LogP contribution in [0.4, 0.5) is 0 Å². The fourth-order valence-electron chi connectivity index (χ4n) is 1.66. The summed E-state index contributed by atoms with van der Waals surface area (Å²) >= 11 is 0. The van der Waals surface area contributed by atoms with Crippen LogP contribution in [0.1, 0.15) is 10.4 Å². The first-order valence-electron chi connectivity index (χ1n) is 5.41. The number of carbonyl (C=O) groups excluding carboxylic acids is 2. The summed E-state index contributed by atoms with van der Waals surface area (Å²) in [6.07, 6.45) is 0.358. The summed E-state index contributed by atoms with van der Waals surface area (Å²) in [5.74, 6) is -1.24. The first-order valence-corrected chi connectivity index (χ1v) is 5.41. The lowest BCUT2D eigenvalue weighted by molar-refractivity contribution is -0.125. The second-order valence-corrected chi connectivity index (χ2v) is 3.88. The van der Waals surface area contributed by atoms with E-state index in [1.807, 2.05) is 12.1 Å². The summed E-state index contributed by atoms with van der Waals surface area (Å²) in [7, 11) is 0. The molecule has 0 fully saturated rings. The molecule has 6 nitrogen and oxygen atoms in total. The van der Waals surface area contributed by atoms with Crippen LogP contribution < -0.4 is 11.1 Å². The molecule has 2 amide bonds. The molecule has 1 aromatic heterocycles. The zero-order valence-electron chi connectivity index (χ0n) is 9.51. The average Bonchev–Trinajstić information content (AvgIpc) is 2.83. The van der Waals surface area contributed by atoms with Crippen LogP contribution in [0.5, 0.6) is 0 Å². The lowest BCUT2D eigenvalue weighted by Crippen LogP contribution is -2.40. The van der Waals surface area contributed by atoms with Crippen LogP contribution in [0.2, 0.25) is 0 Å². The smallest absolute Gasteiger partial charge is 0.253 e. The Labute approximate surface area is 103 Å². The fourth-order valence-corrected chi connectivity index (χ4v) is 1.66. The van der Waals surface area contributed by atoms with E-state index in [-0.39, 0.29) is 12.5 Å². The predicted octanol–water partition coefficient (Wildman–Crippen LogP) is -0.256. The van der Waals surface area contributed by atoms with Gasteiger partial charge in [-0.2, -0.15) is 0 Å². The summed E-state index contributed by atoms with van der Waals surface area (Å²) < 4.78 is 0. The van der Waals surface area contributed by atoms with Crippen LogP contribution in [0.3, 0.4) is 0 Å². The molecule has 0 spiro atoms. The van der Waals surface area contributed by atoms with Gasteiger partial charge < -0.3 is 21.1 Å². The third-order valence-electron chi connectivity index (χ3n) is 2.62. The molecule has 0 radical (unpaired) electrons. The maximum absolute atomic E-state index is 11.9. The first-order chi connectivity index (χ1) is 8.59. The van der Waals surface area contributed by atoms with E-state index in [0.717, 1.165) is 5.39 Å². The number of aromatic nitrogens is 1. The summed E-state index contributed by atoms with van der Waals surface area (Å²) in [6, 6.07) is 7.14. The van der Waals surface area contributed by atoms with E-state index in [0.29, 0.717) is 11.1 Å². The molecule has 6 heteroatoms. The number of para-hydroxylation sites is 1. The minimum Gasteiger partial charge on any atom is -0.381 e. The van der Waals surface area contributed by atoms with Gasteiger partial charge in [0.2, 0.25) is 5.91 Å². The average molecular weight is 247 g/mol. The topological polar surface area (TPSA) is 108 Å². The Morgan fingerprint density at radius 1 is 1.39 bits per heavy atom. The maximum Gasteiger partial charge on any atom is 0.253 e. The molecule has 1 unspecified atom stereocenters. The van der Waals surface area contributed by atoms with Gasteiger partial charge in [0.15, 0.2) is 0 Å². The highest BCUT2D eigenvalue weighted by Gasteiger charge is 2.14. The monoisotopic (exact) mass is 247 g/mol. The zero-order chi connectivity index (χ0) is 13.1. The van der Waals surface area contributed by atoms with Gasteiger partial charge in [-0.15, -0.1) is 0 Å². The number of rotatable bonds is 4. The number of aromatic amines is 1. The third kappa shape index (κ3) is 2.33. The SMILES string of the molecule is NC(=O)C(O)CNC(=O)c1cccc2cc[nH]c12. The van der Waals surface area contributed by atoms with E-state index in [9.17, 15) is 14.7 Å². The largest absolute Gasteiger partial charge is 0.381 e. The van der Waals surface area contributed by atoms with Crippen molar-refractivity contribution in [3.63, 3.8) is 0 Å². The van der Waals surface area contributed by atoms with Crippen molar-refractivity contribution in [3.05, 3.63) is 36.0 Å². The standard InChI is InChI=1S/C12H13N3O3/c13-11(17)9(16)6-15-12(18)8-3-1-2-7-4-5-14-10(7)8/h1-5,9,14,16H,6H2,(H2,13,17)(H,15,18). The Balaban J connectivity index is 2.14. The van der Waals surface area contributed by atoms with Crippen molar-refractivity contribution in [3.8, 4) is 0 Å². The number of carbonyl (C=O) groups is 2. The minimum atomic E-state index is -1.38. The van der Waals surface area contributed by atoms with Gasteiger partial charge in [0.25, 0.3) is 5.91 Å². The lowest BCUT2D eigenvalue weighted by Gasteiger charge is -2.09. The molecule has 0 aliphatic rings. The molecule has 0 saturated carbocycles. The maximum atomic E-state index is 11.9. The molecule has 0 aliphatic heterocycles. The number of aliphatic hydroxyl groups excluding tert-OH is 1. The van der Waals surface area contributed by atoms with Crippen LogP contribution in [0, 0.1) is 0 Å². The molecule has 1 aromatic carbocycles. The highest BCUT2D eigenvalue weighted by atomic mass is 16.3. The van der Waals surface area contributed by atoms with E-state index in [1.165, 1.54) is 0 Å². The van der Waals surface area contributed by atoms with Crippen molar-refractivity contribution in [1.82, 2.24) is 10.3 Å². The van der Waals surface area contributed by atoms with Crippen LogP contribution in [0.15, 0.2) is 30.5 Å². The number of amides is 2. The third-order valence-corrected chi connectivity index (χ3v) is 2.62. The van der Waals surface area contributed by atoms with Gasteiger partial charge >= 0.3 is 0 Å². The van der Waals surface area contributed by atoms with Gasteiger partial charge in [-0.25, -0.2) is 0 Å². The van der Waals surface area contributed by atoms with E-state index in [4.69, 9.17) is 5.73 Å². The van der Waals surface area contributed by atoms with Crippen molar-refractivity contribution in [2.45, 2.75) is 6.10 Å². The van der Waals surface area contributed by atoms with Crippen molar-refractivity contribution in [2.75, 3.05) is 6.54 Å². The first kappa shape index (κ1) is 12.1.